The zero-order valence-electron chi connectivity index (χ0n) is 18.5. The number of fused-ring (bicyclic) bond motifs is 3. The molecule has 35 heavy (non-hydrogen) atoms. The zero-order valence-corrected chi connectivity index (χ0v) is 19.3. The maximum Gasteiger partial charge on any atom is 0.411 e. The predicted molar refractivity (Wildman–Crippen MR) is 133 cm³/mol. The van der Waals surface area contributed by atoms with Gasteiger partial charge in [-0.25, -0.2) is 4.79 Å². The van der Waals surface area contributed by atoms with Gasteiger partial charge in [0.25, 0.3) is 5.91 Å². The first-order valence-corrected chi connectivity index (χ1v) is 11.1. The molecule has 2 amide bonds. The number of ether oxygens (including phenoxy) is 1. The highest BCUT2D eigenvalue weighted by atomic mass is 35.5. The van der Waals surface area contributed by atoms with Gasteiger partial charge in [-0.2, -0.15) is 0 Å². The Morgan fingerprint density at radius 2 is 1.66 bits per heavy atom. The molecule has 0 aliphatic heterocycles. The fourth-order valence-electron chi connectivity index (χ4n) is 4.15. The minimum atomic E-state index is -1.19. The Labute approximate surface area is 207 Å². The lowest BCUT2D eigenvalue weighted by atomic mass is 9.98. The van der Waals surface area contributed by atoms with E-state index in [0.717, 1.165) is 27.2 Å². The number of carboxylic acids is 1. The predicted octanol–water partition coefficient (Wildman–Crippen LogP) is 4.86. The van der Waals surface area contributed by atoms with Crippen LogP contribution in [-0.2, 0) is 9.53 Å². The maximum atomic E-state index is 12.7. The van der Waals surface area contributed by atoms with Crippen molar-refractivity contribution < 1.29 is 24.2 Å². The van der Waals surface area contributed by atoms with Crippen LogP contribution in [-0.4, -0.2) is 47.7 Å². The molecule has 0 bridgehead atoms. The van der Waals surface area contributed by atoms with Crippen molar-refractivity contribution in [1.29, 1.82) is 0 Å². The van der Waals surface area contributed by atoms with E-state index >= 15 is 0 Å². The van der Waals surface area contributed by atoms with E-state index in [1.807, 2.05) is 48.5 Å². The number of hydrogen-bond acceptors (Lipinski definition) is 4. The van der Waals surface area contributed by atoms with Crippen molar-refractivity contribution in [3.05, 3.63) is 88.4 Å². The van der Waals surface area contributed by atoms with E-state index in [4.69, 9.17) is 27.9 Å². The lowest BCUT2D eigenvalue weighted by Gasteiger charge is -2.19. The third-order valence-electron chi connectivity index (χ3n) is 5.69. The van der Waals surface area contributed by atoms with Gasteiger partial charge in [0.2, 0.25) is 0 Å². The zero-order chi connectivity index (χ0) is 24.9. The number of terminal acetylenes is 1. The first-order chi connectivity index (χ1) is 16.9. The third-order valence-corrected chi connectivity index (χ3v) is 6.02. The molecule has 176 valence electrons. The number of nitrogens with zero attached hydrogens (tertiary/aromatic N) is 1. The number of nitrogens with one attached hydrogen (secondary N) is 1. The number of rotatable bonds is 7. The molecule has 1 aliphatic rings. The van der Waals surface area contributed by atoms with Gasteiger partial charge in [-0.15, -0.1) is 6.42 Å². The van der Waals surface area contributed by atoms with Gasteiger partial charge in [-0.3, -0.25) is 14.9 Å². The molecule has 1 aliphatic carbocycles. The molecule has 3 aromatic carbocycles. The maximum absolute atomic E-state index is 12.7. The summed E-state index contributed by atoms with van der Waals surface area (Å²) in [6, 6.07) is 20.2. The molecule has 2 N–H and O–H groups in total. The first kappa shape index (κ1) is 23.9. The summed E-state index contributed by atoms with van der Waals surface area (Å²) >= 11 is 6.21. The van der Waals surface area contributed by atoms with Gasteiger partial charge in [-0.05, 0) is 40.5 Å². The number of hydrogen-bond donors (Lipinski definition) is 2. The molecule has 0 saturated carbocycles. The van der Waals surface area contributed by atoms with Crippen LogP contribution in [0, 0.1) is 12.3 Å². The molecule has 4 rings (SSSR count). The summed E-state index contributed by atoms with van der Waals surface area (Å²) in [6.45, 7) is -0.617. The van der Waals surface area contributed by atoms with Crippen LogP contribution < -0.4 is 5.32 Å². The normalized spacial score (nSPS) is 11.7. The third kappa shape index (κ3) is 5.13. The Hall–Kier alpha value is -4.28. The van der Waals surface area contributed by atoms with Crippen molar-refractivity contribution in [3.8, 4) is 23.5 Å². The molecule has 0 spiro atoms. The number of carbonyl (C=O) groups excluding carboxylic acids is 2. The molecular formula is C27H21ClN2O5. The molecule has 3 aromatic rings. The fourth-order valence-corrected chi connectivity index (χ4v) is 4.32. The summed E-state index contributed by atoms with van der Waals surface area (Å²) in [5.41, 5.74) is 4.68. The highest BCUT2D eigenvalue weighted by Crippen LogP contribution is 2.44. The standard InChI is InChI=1S/C27H21ClN2O5/c1-2-13-30(15-25(31)32)26(33)17-11-12-23(28)24(14-17)29-27(34)35-16-22-20-9-5-3-7-18(20)19-8-4-6-10-21(19)22/h1,3-12,14,22H,13,15-16H2,(H,29,34)(H,31,32). The lowest BCUT2D eigenvalue weighted by molar-refractivity contribution is -0.137. The van der Waals surface area contributed by atoms with Crippen LogP contribution in [0.25, 0.3) is 11.1 Å². The van der Waals surface area contributed by atoms with E-state index in [1.165, 1.54) is 18.2 Å². The van der Waals surface area contributed by atoms with Gasteiger partial charge >= 0.3 is 12.1 Å². The highest BCUT2D eigenvalue weighted by molar-refractivity contribution is 6.33. The first-order valence-electron chi connectivity index (χ1n) is 10.7. The van der Waals surface area contributed by atoms with Crippen molar-refractivity contribution in [2.45, 2.75) is 5.92 Å². The van der Waals surface area contributed by atoms with Crippen molar-refractivity contribution in [2.24, 2.45) is 0 Å². The summed E-state index contributed by atoms with van der Waals surface area (Å²) in [7, 11) is 0. The monoisotopic (exact) mass is 488 g/mol. The smallest absolute Gasteiger partial charge is 0.411 e. The average Bonchev–Trinajstić information content (AvgIpc) is 3.17. The Balaban J connectivity index is 1.47. The second kappa shape index (κ2) is 10.3. The molecule has 0 unspecified atom stereocenters. The van der Waals surface area contributed by atoms with Crippen LogP contribution in [0.15, 0.2) is 66.7 Å². The largest absolute Gasteiger partial charge is 0.480 e. The minimum absolute atomic E-state index is 0.107. The van der Waals surface area contributed by atoms with Gasteiger partial charge < -0.3 is 14.7 Å². The van der Waals surface area contributed by atoms with E-state index in [1.54, 1.807) is 0 Å². The number of carbonyl (C=O) groups is 3. The number of halogens is 1. The Morgan fingerprint density at radius 1 is 1.03 bits per heavy atom. The van der Waals surface area contributed by atoms with Crippen molar-refractivity contribution in [1.82, 2.24) is 4.90 Å². The van der Waals surface area contributed by atoms with Gasteiger partial charge in [0, 0.05) is 11.5 Å². The Bertz CT molecular complexity index is 1300. The van der Waals surface area contributed by atoms with Crippen LogP contribution in [0.2, 0.25) is 5.02 Å². The summed E-state index contributed by atoms with van der Waals surface area (Å²) in [5.74, 6) is 0.365. The topological polar surface area (TPSA) is 95.9 Å². The molecule has 0 radical (unpaired) electrons. The Kier molecular flexibility index (Phi) is 7.04. The summed E-state index contributed by atoms with van der Waals surface area (Å²) in [6.07, 6.45) is 4.52. The summed E-state index contributed by atoms with van der Waals surface area (Å²) in [4.78, 5) is 37.4. The number of amides is 2. The van der Waals surface area contributed by atoms with E-state index < -0.39 is 24.5 Å². The number of carboxylic acid groups (broad SMARTS) is 1. The molecule has 8 heteroatoms. The van der Waals surface area contributed by atoms with Crippen molar-refractivity contribution >= 4 is 35.3 Å². The SMILES string of the molecule is C#CCN(CC(=O)O)C(=O)c1ccc(Cl)c(NC(=O)OCC2c3ccccc3-c3ccccc32)c1. The van der Waals surface area contributed by atoms with E-state index in [9.17, 15) is 14.4 Å². The van der Waals surface area contributed by atoms with Crippen molar-refractivity contribution in [3.63, 3.8) is 0 Å². The minimum Gasteiger partial charge on any atom is -0.480 e. The lowest BCUT2D eigenvalue weighted by Crippen LogP contribution is -2.36. The van der Waals surface area contributed by atoms with Crippen LogP contribution in [0.1, 0.15) is 27.4 Å². The fraction of sp³-hybridized carbons (Fsp3) is 0.148. The van der Waals surface area contributed by atoms with Gasteiger partial charge in [0.15, 0.2) is 0 Å². The quantitative estimate of drug-likeness (QED) is 0.463. The van der Waals surface area contributed by atoms with Crippen LogP contribution in [0.4, 0.5) is 10.5 Å². The van der Waals surface area contributed by atoms with Crippen LogP contribution in [0.3, 0.4) is 0 Å². The number of anilines is 1. The molecule has 0 atom stereocenters. The van der Waals surface area contributed by atoms with E-state index in [0.29, 0.717) is 0 Å². The molecule has 0 heterocycles. The molecule has 0 aromatic heterocycles. The van der Waals surface area contributed by atoms with E-state index in [-0.39, 0.29) is 35.3 Å². The summed E-state index contributed by atoms with van der Waals surface area (Å²) in [5, 5.41) is 11.8. The molecular weight excluding hydrogens is 468 g/mol. The van der Waals surface area contributed by atoms with Crippen molar-refractivity contribution in [2.75, 3.05) is 25.0 Å². The molecule has 0 saturated heterocycles. The van der Waals surface area contributed by atoms with E-state index in [2.05, 4.69) is 11.2 Å². The Morgan fingerprint density at radius 3 is 2.26 bits per heavy atom. The average molecular weight is 489 g/mol. The number of aliphatic carboxylic acids is 1. The second-order valence-corrected chi connectivity index (χ2v) is 8.31. The van der Waals surface area contributed by atoms with Gasteiger partial charge in [-0.1, -0.05) is 66.1 Å². The molecule has 7 nitrogen and oxygen atoms in total. The van der Waals surface area contributed by atoms with Crippen LogP contribution >= 0.6 is 11.6 Å². The van der Waals surface area contributed by atoms with Crippen LogP contribution in [0.5, 0.6) is 0 Å². The summed E-state index contributed by atoms with van der Waals surface area (Å²) < 4.78 is 5.53. The van der Waals surface area contributed by atoms with Gasteiger partial charge in [0.1, 0.15) is 13.2 Å². The second-order valence-electron chi connectivity index (χ2n) is 7.90. The highest BCUT2D eigenvalue weighted by Gasteiger charge is 2.29. The molecule has 0 fully saturated rings. The number of benzene rings is 3. The van der Waals surface area contributed by atoms with Gasteiger partial charge in [0.05, 0.1) is 17.3 Å².